The van der Waals surface area contributed by atoms with Crippen molar-refractivity contribution in [2.75, 3.05) is 11.4 Å². The van der Waals surface area contributed by atoms with Gasteiger partial charge in [-0.15, -0.1) is 0 Å². The van der Waals surface area contributed by atoms with Gasteiger partial charge in [0.05, 0.1) is 5.56 Å². The molecule has 118 valence electrons. The minimum atomic E-state index is -0.812. The van der Waals surface area contributed by atoms with Gasteiger partial charge in [0, 0.05) is 12.2 Å². The number of amides is 1. The van der Waals surface area contributed by atoms with Crippen LogP contribution < -0.4 is 4.90 Å². The molecule has 3 rings (SSSR count). The summed E-state index contributed by atoms with van der Waals surface area (Å²) in [6, 6.07) is 15.0. The minimum Gasteiger partial charge on any atom is -0.449 e. The molecule has 0 aromatic heterocycles. The molecule has 0 unspecified atom stereocenters. The van der Waals surface area contributed by atoms with Crippen molar-refractivity contribution < 1.29 is 14.3 Å². The Labute approximate surface area is 135 Å². The van der Waals surface area contributed by atoms with Gasteiger partial charge in [-0.2, -0.15) is 0 Å². The quantitative estimate of drug-likeness (QED) is 0.818. The number of hydrogen-bond acceptors (Lipinski definition) is 3. The third-order valence-electron chi connectivity index (χ3n) is 4.15. The summed E-state index contributed by atoms with van der Waals surface area (Å²) < 4.78 is 5.38. The molecule has 2 aromatic carbocycles. The number of hydrogen-bond donors (Lipinski definition) is 0. The van der Waals surface area contributed by atoms with Crippen LogP contribution in [-0.4, -0.2) is 24.5 Å². The average molecular weight is 309 g/mol. The fourth-order valence-corrected chi connectivity index (χ4v) is 2.86. The maximum atomic E-state index is 12.6. The molecule has 1 aliphatic rings. The van der Waals surface area contributed by atoms with Crippen LogP contribution in [0.15, 0.2) is 48.5 Å². The van der Waals surface area contributed by atoms with Crippen molar-refractivity contribution in [3.05, 3.63) is 65.2 Å². The first-order valence-electron chi connectivity index (χ1n) is 7.74. The maximum Gasteiger partial charge on any atom is 0.339 e. The summed E-state index contributed by atoms with van der Waals surface area (Å²) in [5.74, 6) is -0.645. The third-order valence-corrected chi connectivity index (χ3v) is 4.15. The molecule has 0 N–H and O–H groups in total. The molecule has 0 saturated heterocycles. The number of carbonyl (C=O) groups is 2. The number of anilines is 1. The zero-order valence-electron chi connectivity index (χ0n) is 13.3. The van der Waals surface area contributed by atoms with Gasteiger partial charge in [-0.05, 0) is 43.5 Å². The van der Waals surface area contributed by atoms with E-state index >= 15 is 0 Å². The summed E-state index contributed by atoms with van der Waals surface area (Å²) in [4.78, 5) is 26.6. The van der Waals surface area contributed by atoms with Crippen molar-refractivity contribution in [2.45, 2.75) is 26.4 Å². The van der Waals surface area contributed by atoms with Crippen molar-refractivity contribution >= 4 is 17.6 Å². The Morgan fingerprint density at radius 1 is 1.09 bits per heavy atom. The van der Waals surface area contributed by atoms with E-state index in [0.29, 0.717) is 12.1 Å². The van der Waals surface area contributed by atoms with E-state index in [-0.39, 0.29) is 5.91 Å². The molecule has 23 heavy (non-hydrogen) atoms. The van der Waals surface area contributed by atoms with E-state index in [1.807, 2.05) is 43.3 Å². The fourth-order valence-electron chi connectivity index (χ4n) is 2.86. The average Bonchev–Trinajstić information content (AvgIpc) is 2.98. The Balaban J connectivity index is 1.72. The summed E-state index contributed by atoms with van der Waals surface area (Å²) in [7, 11) is 0. The Kier molecular flexibility index (Phi) is 4.15. The van der Waals surface area contributed by atoms with Gasteiger partial charge in [0.2, 0.25) is 0 Å². The van der Waals surface area contributed by atoms with Crippen molar-refractivity contribution in [1.82, 2.24) is 0 Å². The van der Waals surface area contributed by atoms with Gasteiger partial charge in [-0.3, -0.25) is 4.79 Å². The second-order valence-corrected chi connectivity index (χ2v) is 5.73. The number of ether oxygens (including phenoxy) is 1. The number of nitrogens with zero attached hydrogens (tertiary/aromatic N) is 1. The molecule has 4 nitrogen and oxygen atoms in total. The van der Waals surface area contributed by atoms with E-state index in [1.165, 1.54) is 0 Å². The summed E-state index contributed by atoms with van der Waals surface area (Å²) in [6.45, 7) is 4.10. The number of aryl methyl sites for hydroxylation is 1. The number of carbonyl (C=O) groups excluding carboxylic acids is 2. The lowest BCUT2D eigenvalue weighted by Gasteiger charge is -2.22. The highest BCUT2D eigenvalue weighted by molar-refractivity contribution is 6.00. The van der Waals surface area contributed by atoms with Crippen LogP contribution in [0.4, 0.5) is 5.69 Å². The number of benzene rings is 2. The monoisotopic (exact) mass is 309 g/mol. The summed E-state index contributed by atoms with van der Waals surface area (Å²) in [5.41, 5.74) is 3.40. The molecule has 0 fully saturated rings. The van der Waals surface area contributed by atoms with Crippen LogP contribution in [0, 0.1) is 6.92 Å². The van der Waals surface area contributed by atoms with E-state index < -0.39 is 12.1 Å². The topological polar surface area (TPSA) is 46.6 Å². The normalized spacial score (nSPS) is 14.3. The fraction of sp³-hybridized carbons (Fsp3) is 0.263. The van der Waals surface area contributed by atoms with Crippen LogP contribution in [0.3, 0.4) is 0 Å². The van der Waals surface area contributed by atoms with Crippen molar-refractivity contribution in [3.63, 3.8) is 0 Å². The standard InChI is InChI=1S/C19H19NO3/c1-13-7-3-5-9-16(13)19(22)23-14(2)18(21)20-12-11-15-8-4-6-10-17(15)20/h3-10,14H,11-12H2,1-2H3/t14-/m0/s1. The SMILES string of the molecule is Cc1ccccc1C(=O)O[C@@H](C)C(=O)N1CCc2ccccc21. The van der Waals surface area contributed by atoms with E-state index in [0.717, 1.165) is 23.2 Å². The van der Waals surface area contributed by atoms with Crippen LogP contribution >= 0.6 is 0 Å². The van der Waals surface area contributed by atoms with Crippen LogP contribution in [0.5, 0.6) is 0 Å². The molecule has 0 bridgehead atoms. The van der Waals surface area contributed by atoms with Crippen LogP contribution in [0.25, 0.3) is 0 Å². The lowest BCUT2D eigenvalue weighted by Crippen LogP contribution is -2.39. The first-order valence-corrected chi connectivity index (χ1v) is 7.74. The zero-order chi connectivity index (χ0) is 16.4. The van der Waals surface area contributed by atoms with E-state index in [1.54, 1.807) is 24.0 Å². The highest BCUT2D eigenvalue weighted by atomic mass is 16.5. The minimum absolute atomic E-state index is 0.183. The van der Waals surface area contributed by atoms with Gasteiger partial charge < -0.3 is 9.64 Å². The van der Waals surface area contributed by atoms with Crippen molar-refractivity contribution in [1.29, 1.82) is 0 Å². The van der Waals surface area contributed by atoms with E-state index in [4.69, 9.17) is 4.74 Å². The molecule has 1 heterocycles. The Hall–Kier alpha value is -2.62. The highest BCUT2D eigenvalue weighted by Crippen LogP contribution is 2.28. The lowest BCUT2D eigenvalue weighted by atomic mass is 10.1. The Morgan fingerprint density at radius 3 is 2.57 bits per heavy atom. The molecule has 0 saturated carbocycles. The molecular weight excluding hydrogens is 290 g/mol. The third kappa shape index (κ3) is 2.97. The predicted molar refractivity (Wildman–Crippen MR) is 88.6 cm³/mol. The van der Waals surface area contributed by atoms with Gasteiger partial charge in [-0.25, -0.2) is 4.79 Å². The predicted octanol–water partition coefficient (Wildman–Crippen LogP) is 3.13. The van der Waals surface area contributed by atoms with Gasteiger partial charge in [0.15, 0.2) is 6.10 Å². The van der Waals surface area contributed by atoms with E-state index in [9.17, 15) is 9.59 Å². The molecule has 1 atom stereocenters. The Morgan fingerprint density at radius 2 is 1.78 bits per heavy atom. The second-order valence-electron chi connectivity index (χ2n) is 5.73. The van der Waals surface area contributed by atoms with Crippen LogP contribution in [0.2, 0.25) is 0 Å². The van der Waals surface area contributed by atoms with Crippen molar-refractivity contribution in [3.8, 4) is 0 Å². The smallest absolute Gasteiger partial charge is 0.339 e. The largest absolute Gasteiger partial charge is 0.449 e. The number of rotatable bonds is 3. The first kappa shape index (κ1) is 15.3. The summed E-state index contributed by atoms with van der Waals surface area (Å²) in [6.07, 6.45) is 0.0219. The molecule has 4 heteroatoms. The molecule has 2 aromatic rings. The molecule has 0 spiro atoms. The van der Waals surface area contributed by atoms with Gasteiger partial charge in [0.25, 0.3) is 5.91 Å². The number of para-hydroxylation sites is 1. The summed E-state index contributed by atoms with van der Waals surface area (Å²) >= 11 is 0. The second kappa shape index (κ2) is 6.24. The first-order chi connectivity index (χ1) is 11.1. The maximum absolute atomic E-state index is 12.6. The molecule has 1 amide bonds. The van der Waals surface area contributed by atoms with E-state index in [2.05, 4.69) is 0 Å². The molecule has 0 aliphatic carbocycles. The molecule has 0 radical (unpaired) electrons. The van der Waals surface area contributed by atoms with Crippen molar-refractivity contribution in [2.24, 2.45) is 0 Å². The van der Waals surface area contributed by atoms with Gasteiger partial charge >= 0.3 is 5.97 Å². The lowest BCUT2D eigenvalue weighted by molar-refractivity contribution is -0.126. The number of fused-ring (bicyclic) bond motifs is 1. The van der Waals surface area contributed by atoms with Gasteiger partial charge in [-0.1, -0.05) is 36.4 Å². The van der Waals surface area contributed by atoms with Crippen LogP contribution in [-0.2, 0) is 16.0 Å². The Bertz CT molecular complexity index is 754. The van der Waals surface area contributed by atoms with Crippen LogP contribution in [0.1, 0.15) is 28.4 Å². The number of esters is 1. The highest BCUT2D eigenvalue weighted by Gasteiger charge is 2.30. The molecular formula is C19H19NO3. The zero-order valence-corrected chi connectivity index (χ0v) is 13.3. The molecule has 1 aliphatic heterocycles. The van der Waals surface area contributed by atoms with Gasteiger partial charge in [0.1, 0.15) is 0 Å². The summed E-state index contributed by atoms with van der Waals surface area (Å²) in [5, 5.41) is 0.